The molecule has 4 aromatic rings. The molecule has 1 aliphatic heterocycles. The highest BCUT2D eigenvalue weighted by atomic mass is 32.1. The number of nitrogens with zero attached hydrogens (tertiary/aromatic N) is 4. The molecule has 7 nitrogen and oxygen atoms in total. The van der Waals surface area contributed by atoms with Crippen LogP contribution in [0.15, 0.2) is 91.5 Å². The largest absolute Gasteiger partial charge is 0.352 e. The first-order valence-electron chi connectivity index (χ1n) is 11.7. The van der Waals surface area contributed by atoms with E-state index in [-0.39, 0.29) is 30.2 Å². The number of rotatable bonds is 8. The molecular formula is C27H25FN6OS. The number of hydrogen-bond donors (Lipinski definition) is 2. The van der Waals surface area contributed by atoms with Crippen LogP contribution in [0.2, 0.25) is 0 Å². The minimum Gasteiger partial charge on any atom is -0.352 e. The quantitative estimate of drug-likeness (QED) is 0.348. The van der Waals surface area contributed by atoms with E-state index in [4.69, 9.17) is 12.2 Å². The summed E-state index contributed by atoms with van der Waals surface area (Å²) in [5, 5.41) is 6.82. The van der Waals surface area contributed by atoms with Crippen molar-refractivity contribution < 1.29 is 9.18 Å². The van der Waals surface area contributed by atoms with Crippen LogP contribution in [0.25, 0.3) is 0 Å². The summed E-state index contributed by atoms with van der Waals surface area (Å²) in [6.45, 7) is 1.07. The van der Waals surface area contributed by atoms with Crippen molar-refractivity contribution in [2.75, 3.05) is 11.9 Å². The topological polar surface area (TPSA) is 75.1 Å². The summed E-state index contributed by atoms with van der Waals surface area (Å²) in [5.41, 5.74) is 3.57. The third-order valence-electron chi connectivity index (χ3n) is 6.15. The first kappa shape index (κ1) is 23.6. The van der Waals surface area contributed by atoms with Gasteiger partial charge in [0.25, 0.3) is 0 Å². The lowest BCUT2D eigenvalue weighted by Crippen LogP contribution is -2.33. The van der Waals surface area contributed by atoms with Gasteiger partial charge >= 0.3 is 0 Å². The molecule has 1 saturated heterocycles. The van der Waals surface area contributed by atoms with Gasteiger partial charge in [0.15, 0.2) is 5.11 Å². The third kappa shape index (κ3) is 5.26. The summed E-state index contributed by atoms with van der Waals surface area (Å²) in [7, 11) is 0. The minimum atomic E-state index is -0.348. The van der Waals surface area contributed by atoms with Crippen LogP contribution in [-0.4, -0.2) is 37.0 Å². The Morgan fingerprint density at radius 2 is 1.92 bits per heavy atom. The summed E-state index contributed by atoms with van der Waals surface area (Å²) in [6.07, 6.45) is 7.64. The lowest BCUT2D eigenvalue weighted by molar-refractivity contribution is -0.116. The van der Waals surface area contributed by atoms with Gasteiger partial charge in [0.1, 0.15) is 5.82 Å². The molecule has 36 heavy (non-hydrogen) atoms. The molecule has 0 saturated carbocycles. The molecule has 0 aliphatic carbocycles. The third-order valence-corrected chi connectivity index (χ3v) is 6.50. The minimum absolute atomic E-state index is 0.169. The highest BCUT2D eigenvalue weighted by Crippen LogP contribution is 2.39. The van der Waals surface area contributed by atoms with Crippen molar-refractivity contribution in [3.05, 3.63) is 114 Å². The fraction of sp³-hybridized carbons (Fsp3) is 0.185. The molecule has 4 heterocycles. The van der Waals surface area contributed by atoms with E-state index in [0.29, 0.717) is 23.9 Å². The zero-order chi connectivity index (χ0) is 24.9. The van der Waals surface area contributed by atoms with Gasteiger partial charge in [0.05, 0.1) is 17.8 Å². The summed E-state index contributed by atoms with van der Waals surface area (Å²) in [4.78, 5) is 23.6. The molecule has 0 unspecified atom stereocenters. The summed E-state index contributed by atoms with van der Waals surface area (Å²) >= 11 is 5.73. The lowest BCUT2D eigenvalue weighted by atomic mass is 10.0. The number of benzene rings is 1. The number of thiocarbonyl (C=S) groups is 1. The standard InChI is InChI=1S/C27H25FN6OS/c28-20-8-10-21(11-9-20)31-24(35)12-16-34-26(25(32-27(34)36)22-6-1-2-14-30-22)23-7-4-15-33(23)18-19-5-3-13-29-17-19/h1-11,13-15,17,25-26H,12,16,18H2,(H,31,35)(H,32,36)/t25-,26+/m0/s1. The predicted octanol–water partition coefficient (Wildman–Crippen LogP) is 4.47. The molecule has 5 rings (SSSR count). The van der Waals surface area contributed by atoms with E-state index in [1.165, 1.54) is 12.1 Å². The monoisotopic (exact) mass is 500 g/mol. The molecule has 2 atom stereocenters. The molecule has 0 spiro atoms. The van der Waals surface area contributed by atoms with E-state index < -0.39 is 0 Å². The van der Waals surface area contributed by atoms with E-state index in [1.807, 2.05) is 53.7 Å². The Balaban J connectivity index is 1.39. The fourth-order valence-electron chi connectivity index (χ4n) is 4.47. The number of pyridine rings is 2. The number of anilines is 1. The van der Waals surface area contributed by atoms with Gasteiger partial charge in [-0.15, -0.1) is 0 Å². The van der Waals surface area contributed by atoms with Gasteiger partial charge in [0, 0.05) is 55.7 Å². The number of aromatic nitrogens is 3. The Kier molecular flexibility index (Phi) is 6.99. The van der Waals surface area contributed by atoms with Gasteiger partial charge < -0.3 is 20.1 Å². The highest BCUT2D eigenvalue weighted by Gasteiger charge is 2.41. The number of carbonyl (C=O) groups is 1. The molecule has 3 aromatic heterocycles. The number of halogens is 1. The summed E-state index contributed by atoms with van der Waals surface area (Å²) in [6, 6.07) is 19.3. The van der Waals surface area contributed by atoms with Crippen molar-refractivity contribution in [2.24, 2.45) is 0 Å². The Morgan fingerprint density at radius 1 is 1.06 bits per heavy atom. The van der Waals surface area contributed by atoms with Crippen LogP contribution in [0.3, 0.4) is 0 Å². The number of amides is 1. The fourth-order valence-corrected chi connectivity index (χ4v) is 4.81. The number of hydrogen-bond acceptors (Lipinski definition) is 4. The van der Waals surface area contributed by atoms with Gasteiger partial charge in [-0.2, -0.15) is 0 Å². The second kappa shape index (κ2) is 10.7. The second-order valence-corrected chi connectivity index (χ2v) is 8.93. The molecule has 182 valence electrons. The van der Waals surface area contributed by atoms with E-state index in [0.717, 1.165) is 17.0 Å². The predicted molar refractivity (Wildman–Crippen MR) is 140 cm³/mol. The van der Waals surface area contributed by atoms with Gasteiger partial charge in [-0.3, -0.25) is 14.8 Å². The smallest absolute Gasteiger partial charge is 0.226 e. The first-order valence-corrected chi connectivity index (χ1v) is 12.1. The molecule has 1 amide bonds. The van der Waals surface area contributed by atoms with Crippen molar-refractivity contribution in [1.82, 2.24) is 24.8 Å². The number of carbonyl (C=O) groups excluding carboxylic acids is 1. The van der Waals surface area contributed by atoms with Gasteiger partial charge in [-0.25, -0.2) is 4.39 Å². The Labute approximate surface area is 214 Å². The van der Waals surface area contributed by atoms with Crippen LogP contribution >= 0.6 is 12.2 Å². The van der Waals surface area contributed by atoms with Crippen molar-refractivity contribution in [3.63, 3.8) is 0 Å². The van der Waals surface area contributed by atoms with Crippen LogP contribution in [0.1, 0.15) is 35.5 Å². The normalized spacial score (nSPS) is 17.1. The molecule has 1 fully saturated rings. The molecule has 0 bridgehead atoms. The average molecular weight is 501 g/mol. The van der Waals surface area contributed by atoms with Crippen LogP contribution in [0, 0.1) is 5.82 Å². The maximum atomic E-state index is 13.2. The van der Waals surface area contributed by atoms with Crippen LogP contribution in [0.4, 0.5) is 10.1 Å². The maximum absolute atomic E-state index is 13.2. The molecule has 9 heteroatoms. The second-order valence-electron chi connectivity index (χ2n) is 8.55. The van der Waals surface area contributed by atoms with Gasteiger partial charge in [0.2, 0.25) is 5.91 Å². The highest BCUT2D eigenvalue weighted by molar-refractivity contribution is 7.80. The van der Waals surface area contributed by atoms with Crippen LogP contribution in [-0.2, 0) is 11.3 Å². The zero-order valence-electron chi connectivity index (χ0n) is 19.4. The van der Waals surface area contributed by atoms with Crippen molar-refractivity contribution in [3.8, 4) is 0 Å². The SMILES string of the molecule is O=C(CCN1C(=S)N[C@@H](c2ccccn2)[C@H]1c1cccn1Cc1cccnc1)Nc1ccc(F)cc1. The molecule has 1 aromatic carbocycles. The zero-order valence-corrected chi connectivity index (χ0v) is 20.2. The summed E-state index contributed by atoms with van der Waals surface area (Å²) in [5.74, 6) is -0.519. The van der Waals surface area contributed by atoms with Crippen LogP contribution in [0.5, 0.6) is 0 Å². The first-order chi connectivity index (χ1) is 17.6. The van der Waals surface area contributed by atoms with Crippen LogP contribution < -0.4 is 10.6 Å². The molecule has 2 N–H and O–H groups in total. The Morgan fingerprint density at radius 3 is 2.67 bits per heavy atom. The Hall–Kier alpha value is -4.11. The van der Waals surface area contributed by atoms with Gasteiger partial charge in [-0.05, 0) is 72.4 Å². The maximum Gasteiger partial charge on any atom is 0.226 e. The van der Waals surface area contributed by atoms with Gasteiger partial charge in [-0.1, -0.05) is 12.1 Å². The molecular weight excluding hydrogens is 475 g/mol. The summed E-state index contributed by atoms with van der Waals surface area (Å²) < 4.78 is 15.4. The van der Waals surface area contributed by atoms with E-state index in [1.54, 1.807) is 24.5 Å². The average Bonchev–Trinajstić information content (AvgIpc) is 3.48. The van der Waals surface area contributed by atoms with Crippen molar-refractivity contribution in [2.45, 2.75) is 25.0 Å². The Bertz CT molecular complexity index is 1330. The van der Waals surface area contributed by atoms with Crippen molar-refractivity contribution >= 4 is 28.9 Å². The lowest BCUT2D eigenvalue weighted by Gasteiger charge is -2.29. The van der Waals surface area contributed by atoms with E-state index >= 15 is 0 Å². The molecule has 1 aliphatic rings. The van der Waals surface area contributed by atoms with Crippen molar-refractivity contribution in [1.29, 1.82) is 0 Å². The molecule has 0 radical (unpaired) electrons. The van der Waals surface area contributed by atoms with E-state index in [9.17, 15) is 9.18 Å². The number of nitrogens with one attached hydrogen (secondary N) is 2. The van der Waals surface area contributed by atoms with E-state index in [2.05, 4.69) is 31.2 Å².